The van der Waals surface area contributed by atoms with Gasteiger partial charge in [0, 0.05) is 24.9 Å². The molecule has 5 heteroatoms. The van der Waals surface area contributed by atoms with Crippen molar-refractivity contribution in [1.29, 1.82) is 0 Å². The van der Waals surface area contributed by atoms with Gasteiger partial charge in [-0.25, -0.2) is 0 Å². The number of hydrogen-bond donors (Lipinski definition) is 1. The highest BCUT2D eigenvalue weighted by atomic mass is 15.3. The molecule has 0 aromatic carbocycles. The molecule has 1 fully saturated rings. The maximum Gasteiger partial charge on any atom is 0.136 e. The predicted octanol–water partition coefficient (Wildman–Crippen LogP) is 0.751. The number of fused-ring (bicyclic) bond motifs is 1. The third-order valence-corrected chi connectivity index (χ3v) is 4.41. The minimum absolute atomic E-state index is 0.281. The van der Waals surface area contributed by atoms with Crippen LogP contribution in [0.4, 0.5) is 0 Å². The Hall–Kier alpha value is -0.940. The number of piperidine rings is 1. The largest absolute Gasteiger partial charge is 0.326 e. The van der Waals surface area contributed by atoms with Crippen LogP contribution >= 0.6 is 0 Å². The first kappa shape index (κ1) is 12.1. The van der Waals surface area contributed by atoms with Crippen LogP contribution in [0.3, 0.4) is 0 Å². The molecular weight excluding hydrogens is 226 g/mol. The zero-order valence-electron chi connectivity index (χ0n) is 11.2. The van der Waals surface area contributed by atoms with Gasteiger partial charge >= 0.3 is 0 Å². The highest BCUT2D eigenvalue weighted by molar-refractivity contribution is 5.07. The maximum absolute atomic E-state index is 6.07. The summed E-state index contributed by atoms with van der Waals surface area (Å²) in [4.78, 5) is 2.51. The van der Waals surface area contributed by atoms with Gasteiger partial charge in [0.25, 0.3) is 0 Å². The van der Waals surface area contributed by atoms with Crippen LogP contribution in [0, 0.1) is 0 Å². The molecular formula is C13H23N5. The van der Waals surface area contributed by atoms with Crippen molar-refractivity contribution in [1.82, 2.24) is 19.7 Å². The first-order chi connectivity index (χ1) is 8.78. The van der Waals surface area contributed by atoms with E-state index in [0.29, 0.717) is 5.92 Å². The van der Waals surface area contributed by atoms with Gasteiger partial charge in [-0.15, -0.1) is 10.2 Å². The molecule has 1 aromatic rings. The minimum Gasteiger partial charge on any atom is -0.326 e. The number of hydrogen-bond acceptors (Lipinski definition) is 4. The first-order valence-electron chi connectivity index (χ1n) is 7.18. The molecule has 1 aromatic heterocycles. The van der Waals surface area contributed by atoms with E-state index in [-0.39, 0.29) is 6.04 Å². The van der Waals surface area contributed by atoms with Crippen molar-refractivity contribution in [3.63, 3.8) is 0 Å². The minimum atomic E-state index is 0.281. The smallest absolute Gasteiger partial charge is 0.136 e. The lowest BCUT2D eigenvalue weighted by Crippen LogP contribution is -2.36. The van der Waals surface area contributed by atoms with Gasteiger partial charge in [-0.1, -0.05) is 6.92 Å². The van der Waals surface area contributed by atoms with Crippen molar-refractivity contribution in [2.75, 3.05) is 19.6 Å². The molecule has 1 unspecified atom stereocenters. The van der Waals surface area contributed by atoms with Gasteiger partial charge in [0.2, 0.25) is 0 Å². The number of rotatable bonds is 2. The molecule has 0 bridgehead atoms. The van der Waals surface area contributed by atoms with Crippen LogP contribution < -0.4 is 5.73 Å². The topological polar surface area (TPSA) is 60.0 Å². The van der Waals surface area contributed by atoms with Crippen molar-refractivity contribution in [2.24, 2.45) is 5.73 Å². The monoisotopic (exact) mass is 249 g/mol. The fourth-order valence-electron chi connectivity index (χ4n) is 3.18. The molecule has 1 atom stereocenters. The molecule has 0 saturated carbocycles. The van der Waals surface area contributed by atoms with Gasteiger partial charge < -0.3 is 15.2 Å². The predicted molar refractivity (Wildman–Crippen MR) is 70.4 cm³/mol. The van der Waals surface area contributed by atoms with E-state index in [0.717, 1.165) is 31.8 Å². The standard InChI is InChI=1S/C13H23N5/c1-2-17-7-5-10(6-8-17)13-16-15-12-4-3-11(14)9-18(12)13/h10-11H,2-9,14H2,1H3. The molecule has 3 heterocycles. The summed E-state index contributed by atoms with van der Waals surface area (Å²) < 4.78 is 2.29. The van der Waals surface area contributed by atoms with E-state index in [2.05, 4.69) is 26.6 Å². The second kappa shape index (κ2) is 4.97. The third kappa shape index (κ3) is 2.17. The fraction of sp³-hybridized carbons (Fsp3) is 0.846. The highest BCUT2D eigenvalue weighted by Gasteiger charge is 2.27. The van der Waals surface area contributed by atoms with E-state index < -0.39 is 0 Å². The lowest BCUT2D eigenvalue weighted by molar-refractivity contribution is 0.216. The van der Waals surface area contributed by atoms with Crippen molar-refractivity contribution < 1.29 is 0 Å². The second-order valence-corrected chi connectivity index (χ2v) is 5.59. The Morgan fingerprint density at radius 3 is 2.72 bits per heavy atom. The average molecular weight is 249 g/mol. The summed E-state index contributed by atoms with van der Waals surface area (Å²) in [5, 5.41) is 8.80. The van der Waals surface area contributed by atoms with E-state index in [1.807, 2.05) is 0 Å². The molecule has 0 spiro atoms. The van der Waals surface area contributed by atoms with Crippen LogP contribution in [0.2, 0.25) is 0 Å². The Morgan fingerprint density at radius 1 is 1.22 bits per heavy atom. The molecule has 2 N–H and O–H groups in total. The van der Waals surface area contributed by atoms with Gasteiger partial charge in [-0.05, 0) is 38.9 Å². The van der Waals surface area contributed by atoms with E-state index in [1.54, 1.807) is 0 Å². The van der Waals surface area contributed by atoms with Crippen LogP contribution in [0.15, 0.2) is 0 Å². The van der Waals surface area contributed by atoms with Crippen molar-refractivity contribution in [3.05, 3.63) is 11.6 Å². The van der Waals surface area contributed by atoms with Crippen molar-refractivity contribution >= 4 is 0 Å². The van der Waals surface area contributed by atoms with Crippen LogP contribution in [-0.2, 0) is 13.0 Å². The summed E-state index contributed by atoms with van der Waals surface area (Å²) in [6, 6.07) is 0.281. The van der Waals surface area contributed by atoms with Crippen molar-refractivity contribution in [3.8, 4) is 0 Å². The summed E-state index contributed by atoms with van der Waals surface area (Å²) in [5.74, 6) is 2.92. The lowest BCUT2D eigenvalue weighted by Gasteiger charge is -2.31. The first-order valence-corrected chi connectivity index (χ1v) is 7.18. The molecule has 1 saturated heterocycles. The quantitative estimate of drug-likeness (QED) is 0.840. The summed E-state index contributed by atoms with van der Waals surface area (Å²) in [5.41, 5.74) is 6.07. The third-order valence-electron chi connectivity index (χ3n) is 4.41. The van der Waals surface area contributed by atoms with Gasteiger partial charge in [0.1, 0.15) is 11.6 Å². The average Bonchev–Trinajstić information content (AvgIpc) is 2.82. The zero-order valence-corrected chi connectivity index (χ0v) is 11.2. The number of likely N-dealkylation sites (tertiary alicyclic amines) is 1. The Bertz CT molecular complexity index is 406. The summed E-state index contributed by atoms with van der Waals surface area (Å²) >= 11 is 0. The molecule has 3 rings (SSSR count). The molecule has 2 aliphatic rings. The van der Waals surface area contributed by atoms with Crippen LogP contribution in [0.25, 0.3) is 0 Å². The molecule has 0 aliphatic carbocycles. The fourth-order valence-corrected chi connectivity index (χ4v) is 3.18. The zero-order chi connectivity index (χ0) is 12.5. The molecule has 100 valence electrons. The maximum atomic E-state index is 6.07. The Morgan fingerprint density at radius 2 is 2.00 bits per heavy atom. The van der Waals surface area contributed by atoms with E-state index in [4.69, 9.17) is 5.73 Å². The van der Waals surface area contributed by atoms with Gasteiger partial charge in [-0.3, -0.25) is 0 Å². The van der Waals surface area contributed by atoms with E-state index >= 15 is 0 Å². The number of nitrogens with two attached hydrogens (primary N) is 1. The molecule has 0 amide bonds. The Balaban J connectivity index is 1.75. The molecule has 5 nitrogen and oxygen atoms in total. The van der Waals surface area contributed by atoms with E-state index in [1.165, 1.54) is 31.8 Å². The van der Waals surface area contributed by atoms with Crippen LogP contribution in [-0.4, -0.2) is 45.3 Å². The van der Waals surface area contributed by atoms with Gasteiger partial charge in [-0.2, -0.15) is 0 Å². The summed E-state index contributed by atoms with van der Waals surface area (Å²) in [6.07, 6.45) is 4.46. The van der Waals surface area contributed by atoms with Gasteiger partial charge in [0.05, 0.1) is 0 Å². The van der Waals surface area contributed by atoms with Crippen LogP contribution in [0.5, 0.6) is 0 Å². The van der Waals surface area contributed by atoms with Crippen molar-refractivity contribution in [2.45, 2.75) is 51.1 Å². The number of nitrogens with zero attached hydrogens (tertiary/aromatic N) is 4. The molecule has 18 heavy (non-hydrogen) atoms. The Kier molecular flexibility index (Phi) is 3.35. The van der Waals surface area contributed by atoms with Crippen LogP contribution in [0.1, 0.15) is 43.8 Å². The normalized spacial score (nSPS) is 26.2. The number of aryl methyl sites for hydroxylation is 1. The number of aromatic nitrogens is 3. The lowest BCUT2D eigenvalue weighted by atomic mass is 9.95. The summed E-state index contributed by atoms with van der Waals surface area (Å²) in [6.45, 7) is 6.68. The second-order valence-electron chi connectivity index (χ2n) is 5.59. The van der Waals surface area contributed by atoms with E-state index in [9.17, 15) is 0 Å². The molecule has 2 aliphatic heterocycles. The summed E-state index contributed by atoms with van der Waals surface area (Å²) in [7, 11) is 0. The molecule has 0 radical (unpaired) electrons. The van der Waals surface area contributed by atoms with Gasteiger partial charge in [0.15, 0.2) is 0 Å². The Labute approximate surface area is 108 Å². The SMILES string of the molecule is CCN1CCC(c2nnc3n2CC(N)CC3)CC1. The highest BCUT2D eigenvalue weighted by Crippen LogP contribution is 2.28.